The monoisotopic (exact) mass is 218 g/mol. The quantitative estimate of drug-likeness (QED) is 0.742. The molecule has 0 aliphatic heterocycles. The molecule has 0 aliphatic carbocycles. The Labute approximate surface area is 92.2 Å². The van der Waals surface area contributed by atoms with Gasteiger partial charge in [0.05, 0.1) is 0 Å². The molecule has 4 heteroatoms. The second-order valence-electron chi connectivity index (χ2n) is 2.86. The minimum atomic E-state index is 0.589. The van der Waals surface area contributed by atoms with Crippen molar-refractivity contribution in [2.75, 3.05) is 6.26 Å². The minimum Gasteiger partial charge on any atom is -0.342 e. The van der Waals surface area contributed by atoms with Gasteiger partial charge in [-0.25, -0.2) is 0 Å². The van der Waals surface area contributed by atoms with Gasteiger partial charge >= 0.3 is 0 Å². The topological polar surface area (TPSA) is 38.9 Å². The van der Waals surface area contributed by atoms with Crippen LogP contribution in [0.4, 0.5) is 0 Å². The standard InChI is InChI=1S/C11H10N2OS/c1-15-10-5-3-2-4-9(10)6-7-11-12-8-14-13-11/h2-8H,1H3/b7-6+. The van der Waals surface area contributed by atoms with Crippen LogP contribution in [0.3, 0.4) is 0 Å². The lowest BCUT2D eigenvalue weighted by Gasteiger charge is -2.00. The Morgan fingerprint density at radius 3 is 2.87 bits per heavy atom. The van der Waals surface area contributed by atoms with Crippen LogP contribution in [0.5, 0.6) is 0 Å². The van der Waals surface area contributed by atoms with Gasteiger partial charge < -0.3 is 4.52 Å². The van der Waals surface area contributed by atoms with Crippen molar-refractivity contribution in [2.24, 2.45) is 0 Å². The van der Waals surface area contributed by atoms with Crippen LogP contribution in [0.15, 0.2) is 40.1 Å². The van der Waals surface area contributed by atoms with E-state index < -0.39 is 0 Å². The number of rotatable bonds is 3. The maximum atomic E-state index is 4.64. The van der Waals surface area contributed by atoms with Gasteiger partial charge in [-0.15, -0.1) is 11.8 Å². The third-order valence-corrected chi connectivity index (χ3v) is 2.74. The molecule has 0 atom stereocenters. The van der Waals surface area contributed by atoms with Gasteiger partial charge in [-0.2, -0.15) is 4.98 Å². The fraction of sp³-hybridized carbons (Fsp3) is 0.0909. The summed E-state index contributed by atoms with van der Waals surface area (Å²) >= 11 is 1.72. The van der Waals surface area contributed by atoms with Crippen molar-refractivity contribution in [2.45, 2.75) is 4.90 Å². The maximum absolute atomic E-state index is 4.64. The summed E-state index contributed by atoms with van der Waals surface area (Å²) in [5, 5.41) is 3.71. The van der Waals surface area contributed by atoms with E-state index in [1.807, 2.05) is 24.3 Å². The lowest BCUT2D eigenvalue weighted by molar-refractivity contribution is 0.415. The van der Waals surface area contributed by atoms with Gasteiger partial charge in [0.15, 0.2) is 5.82 Å². The molecule has 76 valence electrons. The number of benzene rings is 1. The molecule has 0 fully saturated rings. The second kappa shape index (κ2) is 4.79. The highest BCUT2D eigenvalue weighted by Crippen LogP contribution is 2.21. The maximum Gasteiger partial charge on any atom is 0.214 e. The Hall–Kier alpha value is -1.55. The first kappa shape index (κ1) is 9.98. The SMILES string of the molecule is CSc1ccccc1/C=C/c1ncon1. The summed E-state index contributed by atoms with van der Waals surface area (Å²) in [6, 6.07) is 8.18. The molecule has 1 aromatic heterocycles. The Kier molecular flexibility index (Phi) is 3.19. The van der Waals surface area contributed by atoms with Crippen LogP contribution in [0, 0.1) is 0 Å². The highest BCUT2D eigenvalue weighted by Gasteiger charge is 1.96. The molecule has 0 spiro atoms. The first-order valence-electron chi connectivity index (χ1n) is 4.47. The molecule has 0 amide bonds. The van der Waals surface area contributed by atoms with E-state index >= 15 is 0 Å². The van der Waals surface area contributed by atoms with Crippen molar-refractivity contribution in [3.8, 4) is 0 Å². The number of nitrogens with zero attached hydrogens (tertiary/aromatic N) is 2. The molecule has 0 saturated heterocycles. The zero-order chi connectivity index (χ0) is 10.5. The van der Waals surface area contributed by atoms with Crippen molar-refractivity contribution in [1.29, 1.82) is 0 Å². The average Bonchev–Trinajstić information content (AvgIpc) is 2.79. The average molecular weight is 218 g/mol. The number of thioether (sulfide) groups is 1. The van der Waals surface area contributed by atoms with E-state index in [9.17, 15) is 0 Å². The summed E-state index contributed by atoms with van der Waals surface area (Å²) in [5.41, 5.74) is 1.16. The minimum absolute atomic E-state index is 0.589. The first-order chi connectivity index (χ1) is 7.40. The smallest absolute Gasteiger partial charge is 0.214 e. The summed E-state index contributed by atoms with van der Waals surface area (Å²) in [4.78, 5) is 5.15. The highest BCUT2D eigenvalue weighted by atomic mass is 32.2. The molecule has 15 heavy (non-hydrogen) atoms. The van der Waals surface area contributed by atoms with Crippen LogP contribution in [-0.2, 0) is 0 Å². The van der Waals surface area contributed by atoms with Gasteiger partial charge in [0.2, 0.25) is 6.39 Å². The predicted octanol–water partition coefficient (Wildman–Crippen LogP) is 2.96. The lowest BCUT2D eigenvalue weighted by Crippen LogP contribution is -1.78. The molecule has 2 rings (SSSR count). The van der Waals surface area contributed by atoms with E-state index in [1.165, 1.54) is 11.3 Å². The molecular weight excluding hydrogens is 208 g/mol. The van der Waals surface area contributed by atoms with Crippen LogP contribution in [0.25, 0.3) is 12.2 Å². The molecule has 0 unspecified atom stereocenters. The van der Waals surface area contributed by atoms with Crippen LogP contribution in [-0.4, -0.2) is 16.4 Å². The molecular formula is C11H10N2OS. The number of hydrogen-bond acceptors (Lipinski definition) is 4. The van der Waals surface area contributed by atoms with Gasteiger partial charge in [0.25, 0.3) is 0 Å². The molecule has 2 aromatic rings. The fourth-order valence-electron chi connectivity index (χ4n) is 1.22. The van der Waals surface area contributed by atoms with E-state index in [2.05, 4.69) is 33.1 Å². The van der Waals surface area contributed by atoms with E-state index in [0.717, 1.165) is 5.56 Å². The molecule has 1 aromatic carbocycles. The van der Waals surface area contributed by atoms with Crippen LogP contribution >= 0.6 is 11.8 Å². The van der Waals surface area contributed by atoms with Crippen molar-refractivity contribution in [3.05, 3.63) is 42.0 Å². The summed E-state index contributed by atoms with van der Waals surface area (Å²) in [6.45, 7) is 0. The zero-order valence-corrected chi connectivity index (χ0v) is 9.07. The largest absolute Gasteiger partial charge is 0.342 e. The molecule has 0 aliphatic rings. The summed E-state index contributed by atoms with van der Waals surface area (Å²) in [6.07, 6.45) is 7.19. The van der Waals surface area contributed by atoms with Crippen molar-refractivity contribution in [3.63, 3.8) is 0 Å². The number of hydrogen-bond donors (Lipinski definition) is 0. The Morgan fingerprint density at radius 1 is 1.27 bits per heavy atom. The second-order valence-corrected chi connectivity index (χ2v) is 3.71. The molecule has 0 bridgehead atoms. The fourth-order valence-corrected chi connectivity index (χ4v) is 1.81. The van der Waals surface area contributed by atoms with E-state index in [-0.39, 0.29) is 0 Å². The van der Waals surface area contributed by atoms with Gasteiger partial charge in [0.1, 0.15) is 0 Å². The molecule has 0 radical (unpaired) electrons. The summed E-state index contributed by atoms with van der Waals surface area (Å²) in [7, 11) is 0. The van der Waals surface area contributed by atoms with Gasteiger partial charge in [0, 0.05) is 4.90 Å². The lowest BCUT2D eigenvalue weighted by atomic mass is 10.2. The molecule has 0 N–H and O–H groups in total. The van der Waals surface area contributed by atoms with Crippen molar-refractivity contribution >= 4 is 23.9 Å². The van der Waals surface area contributed by atoms with Gasteiger partial charge in [-0.3, -0.25) is 0 Å². The third kappa shape index (κ3) is 2.47. The molecule has 3 nitrogen and oxygen atoms in total. The van der Waals surface area contributed by atoms with Crippen LogP contribution < -0.4 is 0 Å². The van der Waals surface area contributed by atoms with Crippen molar-refractivity contribution in [1.82, 2.24) is 10.1 Å². The Bertz CT molecular complexity index is 451. The normalized spacial score (nSPS) is 11.0. The highest BCUT2D eigenvalue weighted by molar-refractivity contribution is 7.98. The first-order valence-corrected chi connectivity index (χ1v) is 5.70. The summed E-state index contributed by atoms with van der Waals surface area (Å²) in [5.74, 6) is 0.589. The van der Waals surface area contributed by atoms with Crippen molar-refractivity contribution < 1.29 is 4.52 Å². The van der Waals surface area contributed by atoms with E-state index in [1.54, 1.807) is 11.8 Å². The van der Waals surface area contributed by atoms with Gasteiger partial charge in [-0.1, -0.05) is 23.4 Å². The van der Waals surface area contributed by atoms with Crippen LogP contribution in [0.1, 0.15) is 11.4 Å². The van der Waals surface area contributed by atoms with Crippen LogP contribution in [0.2, 0.25) is 0 Å². The van der Waals surface area contributed by atoms with E-state index in [4.69, 9.17) is 0 Å². The van der Waals surface area contributed by atoms with E-state index in [0.29, 0.717) is 5.82 Å². The zero-order valence-electron chi connectivity index (χ0n) is 8.25. The predicted molar refractivity (Wildman–Crippen MR) is 61.4 cm³/mol. The molecule has 0 saturated carbocycles. The molecule has 1 heterocycles. The summed E-state index contributed by atoms with van der Waals surface area (Å²) < 4.78 is 4.64. The van der Waals surface area contributed by atoms with Gasteiger partial charge in [-0.05, 0) is 30.0 Å². The Morgan fingerprint density at radius 2 is 2.13 bits per heavy atom. The Balaban J connectivity index is 2.24. The third-order valence-electron chi connectivity index (χ3n) is 1.93. The number of aromatic nitrogens is 2.